The van der Waals surface area contributed by atoms with E-state index < -0.39 is 31.7 Å². The van der Waals surface area contributed by atoms with Gasteiger partial charge in [0.05, 0.1) is 21.6 Å². The molecule has 0 aliphatic heterocycles. The van der Waals surface area contributed by atoms with Crippen LogP contribution in [0.2, 0.25) is 0 Å². The minimum atomic E-state index is -3.66. The standard InChI is InChI=1S/C16H24N2O6S/c1-11(2)25(22,23)14-8-7-13(18(20)21)9-12(14)10-17(6)15(19)24-16(3,4)5/h7-9,11H,10H2,1-6H3. The van der Waals surface area contributed by atoms with Gasteiger partial charge in [0.1, 0.15) is 5.60 Å². The number of nitro benzene ring substituents is 1. The largest absolute Gasteiger partial charge is 0.444 e. The summed E-state index contributed by atoms with van der Waals surface area (Å²) < 4.78 is 30.2. The molecule has 0 radical (unpaired) electrons. The van der Waals surface area contributed by atoms with Gasteiger partial charge in [-0.25, -0.2) is 13.2 Å². The lowest BCUT2D eigenvalue weighted by Gasteiger charge is -2.25. The molecule has 1 rings (SSSR count). The van der Waals surface area contributed by atoms with Crippen molar-refractivity contribution >= 4 is 21.6 Å². The van der Waals surface area contributed by atoms with Gasteiger partial charge < -0.3 is 9.64 Å². The first-order chi connectivity index (χ1) is 11.3. The number of benzene rings is 1. The highest BCUT2D eigenvalue weighted by Gasteiger charge is 2.27. The molecule has 1 amide bonds. The SMILES string of the molecule is CC(C)S(=O)(=O)c1ccc([N+](=O)[O-])cc1CN(C)C(=O)OC(C)(C)C. The average molecular weight is 372 g/mol. The molecule has 0 saturated heterocycles. The lowest BCUT2D eigenvalue weighted by Crippen LogP contribution is -2.34. The molecule has 0 saturated carbocycles. The molecule has 25 heavy (non-hydrogen) atoms. The summed E-state index contributed by atoms with van der Waals surface area (Å²) in [5.74, 6) is 0. The van der Waals surface area contributed by atoms with Crippen LogP contribution in [0, 0.1) is 10.1 Å². The van der Waals surface area contributed by atoms with Gasteiger partial charge in [-0.3, -0.25) is 10.1 Å². The van der Waals surface area contributed by atoms with Crippen molar-refractivity contribution in [1.82, 2.24) is 4.90 Å². The number of rotatable bonds is 5. The maximum Gasteiger partial charge on any atom is 0.410 e. The van der Waals surface area contributed by atoms with Gasteiger partial charge in [-0.1, -0.05) is 0 Å². The van der Waals surface area contributed by atoms with Crippen LogP contribution in [0.5, 0.6) is 0 Å². The van der Waals surface area contributed by atoms with E-state index in [1.165, 1.54) is 37.9 Å². The van der Waals surface area contributed by atoms with Gasteiger partial charge in [0.15, 0.2) is 9.84 Å². The van der Waals surface area contributed by atoms with Crippen LogP contribution in [-0.2, 0) is 21.1 Å². The normalized spacial score (nSPS) is 12.1. The zero-order valence-corrected chi connectivity index (χ0v) is 16.1. The van der Waals surface area contributed by atoms with E-state index in [1.54, 1.807) is 20.8 Å². The summed E-state index contributed by atoms with van der Waals surface area (Å²) in [6, 6.07) is 3.54. The summed E-state index contributed by atoms with van der Waals surface area (Å²) in [7, 11) is -2.21. The maximum atomic E-state index is 12.5. The van der Waals surface area contributed by atoms with Crippen LogP contribution in [0.25, 0.3) is 0 Å². The van der Waals surface area contributed by atoms with Gasteiger partial charge in [0.2, 0.25) is 0 Å². The van der Waals surface area contributed by atoms with Gasteiger partial charge in [-0.15, -0.1) is 0 Å². The minimum Gasteiger partial charge on any atom is -0.444 e. The van der Waals surface area contributed by atoms with Crippen molar-refractivity contribution in [3.8, 4) is 0 Å². The second kappa shape index (κ2) is 7.38. The molecule has 0 unspecified atom stereocenters. The van der Waals surface area contributed by atoms with Crippen LogP contribution >= 0.6 is 0 Å². The molecule has 140 valence electrons. The van der Waals surface area contributed by atoms with Crippen molar-refractivity contribution in [1.29, 1.82) is 0 Å². The van der Waals surface area contributed by atoms with Crippen molar-refractivity contribution in [2.75, 3.05) is 7.05 Å². The predicted molar refractivity (Wildman–Crippen MR) is 93.1 cm³/mol. The molecule has 8 nitrogen and oxygen atoms in total. The fourth-order valence-corrected chi connectivity index (χ4v) is 3.25. The Morgan fingerprint density at radius 1 is 1.32 bits per heavy atom. The third-order valence-corrected chi connectivity index (χ3v) is 5.55. The quantitative estimate of drug-likeness (QED) is 0.580. The van der Waals surface area contributed by atoms with E-state index in [2.05, 4.69) is 0 Å². The number of nitrogens with zero attached hydrogens (tertiary/aromatic N) is 2. The monoisotopic (exact) mass is 372 g/mol. The number of sulfone groups is 1. The first kappa shape index (κ1) is 20.9. The molecule has 1 aromatic carbocycles. The zero-order chi connectivity index (χ0) is 19.6. The predicted octanol–water partition coefficient (Wildman–Crippen LogP) is 3.14. The fraction of sp³-hybridized carbons (Fsp3) is 0.562. The lowest BCUT2D eigenvalue weighted by atomic mass is 10.2. The summed E-state index contributed by atoms with van der Waals surface area (Å²) in [4.78, 5) is 23.7. The second-order valence-electron chi connectivity index (χ2n) is 6.98. The number of nitro groups is 1. The Labute approximate surface area is 147 Å². The van der Waals surface area contributed by atoms with Gasteiger partial charge >= 0.3 is 6.09 Å². The number of ether oxygens (including phenoxy) is 1. The molecule has 0 bridgehead atoms. The molecule has 0 aliphatic rings. The number of non-ortho nitro benzene ring substituents is 1. The molecule has 0 heterocycles. The van der Waals surface area contributed by atoms with Crippen LogP contribution in [0.15, 0.2) is 23.1 Å². The Balaban J connectivity index is 3.29. The lowest BCUT2D eigenvalue weighted by molar-refractivity contribution is -0.385. The van der Waals surface area contributed by atoms with Crippen LogP contribution in [-0.4, -0.2) is 42.2 Å². The van der Waals surface area contributed by atoms with E-state index in [1.807, 2.05) is 0 Å². The van der Waals surface area contributed by atoms with E-state index in [-0.39, 0.29) is 22.7 Å². The number of hydrogen-bond acceptors (Lipinski definition) is 6. The highest BCUT2D eigenvalue weighted by molar-refractivity contribution is 7.92. The Morgan fingerprint density at radius 2 is 1.88 bits per heavy atom. The highest BCUT2D eigenvalue weighted by Crippen LogP contribution is 2.26. The van der Waals surface area contributed by atoms with E-state index in [0.29, 0.717) is 0 Å². The Bertz CT molecular complexity index is 765. The Kier molecular flexibility index (Phi) is 6.17. The number of hydrogen-bond donors (Lipinski definition) is 0. The van der Waals surface area contributed by atoms with Crippen molar-refractivity contribution in [3.05, 3.63) is 33.9 Å². The van der Waals surface area contributed by atoms with Crippen LogP contribution < -0.4 is 0 Å². The van der Waals surface area contributed by atoms with Gasteiger partial charge in [0.25, 0.3) is 5.69 Å². The molecule has 1 aromatic rings. The van der Waals surface area contributed by atoms with Gasteiger partial charge in [-0.05, 0) is 46.2 Å². The summed E-state index contributed by atoms with van der Waals surface area (Å²) in [5.41, 5.74) is -0.771. The summed E-state index contributed by atoms with van der Waals surface area (Å²) in [6.45, 7) is 8.05. The Hall–Kier alpha value is -2.16. The smallest absolute Gasteiger partial charge is 0.410 e. The number of carbonyl (C=O) groups excluding carboxylic acids is 1. The summed E-state index contributed by atoms with van der Waals surface area (Å²) >= 11 is 0. The minimum absolute atomic E-state index is 0.0245. The van der Waals surface area contributed by atoms with Crippen LogP contribution in [0.1, 0.15) is 40.2 Å². The topological polar surface area (TPSA) is 107 Å². The van der Waals surface area contributed by atoms with Crippen molar-refractivity contribution < 1.29 is 22.9 Å². The molecule has 0 N–H and O–H groups in total. The average Bonchev–Trinajstić information content (AvgIpc) is 2.44. The molecular formula is C16H24N2O6S. The van der Waals surface area contributed by atoms with E-state index in [9.17, 15) is 23.3 Å². The van der Waals surface area contributed by atoms with Crippen molar-refractivity contribution in [2.24, 2.45) is 0 Å². The molecular weight excluding hydrogens is 348 g/mol. The Morgan fingerprint density at radius 3 is 2.32 bits per heavy atom. The van der Waals surface area contributed by atoms with E-state index >= 15 is 0 Å². The zero-order valence-electron chi connectivity index (χ0n) is 15.3. The van der Waals surface area contributed by atoms with Crippen molar-refractivity contribution in [2.45, 2.75) is 56.9 Å². The molecule has 0 atom stereocenters. The number of amides is 1. The summed E-state index contributed by atoms with van der Waals surface area (Å²) in [5, 5.41) is 10.3. The first-order valence-electron chi connectivity index (χ1n) is 7.71. The second-order valence-corrected chi connectivity index (χ2v) is 9.45. The van der Waals surface area contributed by atoms with Gasteiger partial charge in [0, 0.05) is 19.2 Å². The maximum absolute atomic E-state index is 12.5. The molecule has 0 spiro atoms. The van der Waals surface area contributed by atoms with E-state index in [4.69, 9.17) is 4.74 Å². The van der Waals surface area contributed by atoms with Crippen molar-refractivity contribution in [3.63, 3.8) is 0 Å². The van der Waals surface area contributed by atoms with Crippen LogP contribution in [0.3, 0.4) is 0 Å². The fourth-order valence-electron chi connectivity index (χ4n) is 1.99. The van der Waals surface area contributed by atoms with Crippen LogP contribution in [0.4, 0.5) is 10.5 Å². The highest BCUT2D eigenvalue weighted by atomic mass is 32.2. The first-order valence-corrected chi connectivity index (χ1v) is 9.25. The molecule has 0 fully saturated rings. The molecule has 0 aliphatic carbocycles. The van der Waals surface area contributed by atoms with Gasteiger partial charge in [-0.2, -0.15) is 0 Å². The van der Waals surface area contributed by atoms with E-state index in [0.717, 1.165) is 6.07 Å². The third-order valence-electron chi connectivity index (χ3n) is 3.29. The third kappa shape index (κ3) is 5.42. The molecule has 9 heteroatoms. The number of carbonyl (C=O) groups is 1. The summed E-state index contributed by atoms with van der Waals surface area (Å²) in [6.07, 6.45) is -0.646. The molecule has 0 aromatic heterocycles.